The van der Waals surface area contributed by atoms with Crippen molar-refractivity contribution in [3.63, 3.8) is 0 Å². The van der Waals surface area contributed by atoms with Gasteiger partial charge in [0.25, 0.3) is 5.91 Å². The molecule has 1 atom stereocenters. The fourth-order valence-corrected chi connectivity index (χ4v) is 4.82. The summed E-state index contributed by atoms with van der Waals surface area (Å²) in [5.74, 6) is 2.62. The van der Waals surface area contributed by atoms with Gasteiger partial charge in [-0.25, -0.2) is 0 Å². The zero-order valence-corrected chi connectivity index (χ0v) is 17.2. The minimum Gasteiger partial charge on any atom is -0.351 e. The SMILES string of the molecule is Cc1cccc2[nH]c(C(=O)N3CCc4nnc(C5CCCN(C)C5)n4CC3)cc12. The summed E-state index contributed by atoms with van der Waals surface area (Å²) in [4.78, 5) is 20.8. The third-order valence-corrected chi connectivity index (χ3v) is 6.44. The first kappa shape index (κ1) is 18.4. The number of nitrogens with zero attached hydrogens (tertiary/aromatic N) is 5. The smallest absolute Gasteiger partial charge is 0.270 e. The molecule has 1 saturated heterocycles. The number of aromatic nitrogens is 4. The Kier molecular flexibility index (Phi) is 4.62. The average molecular weight is 393 g/mol. The molecule has 3 aromatic rings. The maximum atomic E-state index is 13.2. The number of fused-ring (bicyclic) bond motifs is 2. The quantitative estimate of drug-likeness (QED) is 0.728. The van der Waals surface area contributed by atoms with E-state index in [-0.39, 0.29) is 5.91 Å². The highest BCUT2D eigenvalue weighted by molar-refractivity contribution is 5.98. The highest BCUT2D eigenvalue weighted by Crippen LogP contribution is 2.27. The normalized spacial score (nSPS) is 20.6. The van der Waals surface area contributed by atoms with E-state index >= 15 is 0 Å². The van der Waals surface area contributed by atoms with Crippen molar-refractivity contribution in [2.45, 2.75) is 38.6 Å². The molecule has 29 heavy (non-hydrogen) atoms. The summed E-state index contributed by atoms with van der Waals surface area (Å²) >= 11 is 0. The van der Waals surface area contributed by atoms with Crippen LogP contribution in [-0.2, 0) is 13.0 Å². The van der Waals surface area contributed by atoms with Crippen LogP contribution in [0.5, 0.6) is 0 Å². The lowest BCUT2D eigenvalue weighted by Crippen LogP contribution is -2.34. The van der Waals surface area contributed by atoms with Crippen LogP contribution in [0.3, 0.4) is 0 Å². The zero-order valence-electron chi connectivity index (χ0n) is 17.2. The third kappa shape index (κ3) is 3.33. The van der Waals surface area contributed by atoms with Crippen molar-refractivity contribution in [1.82, 2.24) is 29.5 Å². The maximum Gasteiger partial charge on any atom is 0.270 e. The molecule has 5 rings (SSSR count). The van der Waals surface area contributed by atoms with E-state index in [2.05, 4.69) is 44.7 Å². The Morgan fingerprint density at radius 3 is 2.90 bits per heavy atom. The van der Waals surface area contributed by atoms with Crippen LogP contribution in [0.25, 0.3) is 10.9 Å². The summed E-state index contributed by atoms with van der Waals surface area (Å²) in [7, 11) is 2.17. The number of aromatic amines is 1. The van der Waals surface area contributed by atoms with E-state index in [1.807, 2.05) is 23.1 Å². The molecule has 1 aromatic carbocycles. The van der Waals surface area contributed by atoms with Crippen LogP contribution in [0.2, 0.25) is 0 Å². The maximum absolute atomic E-state index is 13.2. The van der Waals surface area contributed by atoms with E-state index in [9.17, 15) is 4.79 Å². The van der Waals surface area contributed by atoms with Crippen molar-refractivity contribution in [2.24, 2.45) is 0 Å². The predicted octanol–water partition coefficient (Wildman–Crippen LogP) is 2.58. The lowest BCUT2D eigenvalue weighted by Gasteiger charge is -2.29. The molecule has 0 bridgehead atoms. The number of carbonyl (C=O) groups excluding carboxylic acids is 1. The number of aryl methyl sites for hydroxylation is 1. The van der Waals surface area contributed by atoms with Crippen LogP contribution in [0, 0.1) is 6.92 Å². The minimum atomic E-state index is 0.0678. The Morgan fingerprint density at radius 1 is 1.17 bits per heavy atom. The molecule has 4 heterocycles. The van der Waals surface area contributed by atoms with Crippen LogP contribution in [-0.4, -0.2) is 68.7 Å². The Hall–Kier alpha value is -2.67. The molecular formula is C22H28N6O. The molecule has 1 N–H and O–H groups in total. The van der Waals surface area contributed by atoms with Crippen molar-refractivity contribution in [1.29, 1.82) is 0 Å². The molecule has 2 aromatic heterocycles. The molecule has 0 radical (unpaired) electrons. The molecule has 0 saturated carbocycles. The van der Waals surface area contributed by atoms with Gasteiger partial charge in [0, 0.05) is 49.4 Å². The van der Waals surface area contributed by atoms with Gasteiger partial charge in [0.2, 0.25) is 0 Å². The molecule has 7 heteroatoms. The highest BCUT2D eigenvalue weighted by Gasteiger charge is 2.28. The second kappa shape index (κ2) is 7.30. The van der Waals surface area contributed by atoms with Gasteiger partial charge in [0.05, 0.1) is 0 Å². The van der Waals surface area contributed by atoms with Gasteiger partial charge in [0.15, 0.2) is 0 Å². The van der Waals surface area contributed by atoms with Crippen LogP contribution in [0.4, 0.5) is 0 Å². The van der Waals surface area contributed by atoms with Gasteiger partial charge < -0.3 is 19.4 Å². The molecule has 2 aliphatic rings. The Balaban J connectivity index is 1.35. The van der Waals surface area contributed by atoms with Crippen LogP contribution >= 0.6 is 0 Å². The summed E-state index contributed by atoms with van der Waals surface area (Å²) < 4.78 is 2.27. The van der Waals surface area contributed by atoms with E-state index in [1.54, 1.807) is 0 Å². The van der Waals surface area contributed by atoms with Gasteiger partial charge in [-0.2, -0.15) is 0 Å². The van der Waals surface area contributed by atoms with Crippen molar-refractivity contribution in [3.8, 4) is 0 Å². The second-order valence-corrected chi connectivity index (χ2v) is 8.49. The van der Waals surface area contributed by atoms with E-state index < -0.39 is 0 Å². The topological polar surface area (TPSA) is 70.1 Å². The van der Waals surface area contributed by atoms with Crippen LogP contribution in [0.1, 0.15) is 46.5 Å². The van der Waals surface area contributed by atoms with Gasteiger partial charge in [-0.15, -0.1) is 10.2 Å². The zero-order chi connectivity index (χ0) is 20.0. The fraction of sp³-hybridized carbons (Fsp3) is 0.500. The minimum absolute atomic E-state index is 0.0678. The van der Waals surface area contributed by atoms with Crippen molar-refractivity contribution in [3.05, 3.63) is 47.2 Å². The number of hydrogen-bond acceptors (Lipinski definition) is 4. The van der Waals surface area contributed by atoms with Gasteiger partial charge >= 0.3 is 0 Å². The number of likely N-dealkylation sites (tertiary alicyclic amines) is 1. The summed E-state index contributed by atoms with van der Waals surface area (Å²) in [5.41, 5.74) is 2.87. The molecule has 7 nitrogen and oxygen atoms in total. The number of piperidine rings is 1. The third-order valence-electron chi connectivity index (χ3n) is 6.44. The fourth-order valence-electron chi connectivity index (χ4n) is 4.82. The summed E-state index contributed by atoms with van der Waals surface area (Å²) in [6.45, 7) is 6.40. The largest absolute Gasteiger partial charge is 0.351 e. The average Bonchev–Trinajstić information content (AvgIpc) is 3.27. The van der Waals surface area contributed by atoms with Gasteiger partial charge in [-0.3, -0.25) is 4.79 Å². The number of amides is 1. The van der Waals surface area contributed by atoms with Crippen molar-refractivity contribution in [2.75, 3.05) is 33.2 Å². The first-order chi connectivity index (χ1) is 14.1. The predicted molar refractivity (Wildman–Crippen MR) is 112 cm³/mol. The molecule has 2 aliphatic heterocycles. The summed E-state index contributed by atoms with van der Waals surface area (Å²) in [6, 6.07) is 8.11. The van der Waals surface area contributed by atoms with E-state index in [0.717, 1.165) is 48.6 Å². The molecule has 1 unspecified atom stereocenters. The van der Waals surface area contributed by atoms with E-state index in [1.165, 1.54) is 18.4 Å². The van der Waals surface area contributed by atoms with Crippen molar-refractivity contribution < 1.29 is 4.79 Å². The first-order valence-electron chi connectivity index (χ1n) is 10.6. The Bertz CT molecular complexity index is 1050. The number of carbonyl (C=O) groups is 1. The van der Waals surface area contributed by atoms with E-state index in [4.69, 9.17) is 0 Å². The van der Waals surface area contributed by atoms with Gasteiger partial charge in [-0.05, 0) is 51.1 Å². The number of hydrogen-bond donors (Lipinski definition) is 1. The van der Waals surface area contributed by atoms with Crippen LogP contribution < -0.4 is 0 Å². The van der Waals surface area contributed by atoms with Gasteiger partial charge in [-0.1, -0.05) is 12.1 Å². The summed E-state index contributed by atoms with van der Waals surface area (Å²) in [5, 5.41) is 10.1. The van der Waals surface area contributed by atoms with Gasteiger partial charge in [0.1, 0.15) is 17.3 Å². The highest BCUT2D eigenvalue weighted by atomic mass is 16.2. The number of rotatable bonds is 2. The molecule has 1 fully saturated rings. The monoisotopic (exact) mass is 392 g/mol. The molecule has 152 valence electrons. The number of nitrogens with one attached hydrogen (secondary N) is 1. The standard InChI is InChI=1S/C22H28N6O/c1-15-5-3-7-18-17(15)13-19(23-18)22(29)27-10-8-20-24-25-21(28(20)12-11-27)16-6-4-9-26(2)14-16/h3,5,7,13,16,23H,4,6,8-12,14H2,1-2H3. The second-order valence-electron chi connectivity index (χ2n) is 8.49. The van der Waals surface area contributed by atoms with Crippen LogP contribution in [0.15, 0.2) is 24.3 Å². The molecule has 1 amide bonds. The molecule has 0 aliphatic carbocycles. The molecule has 0 spiro atoms. The van der Waals surface area contributed by atoms with E-state index in [0.29, 0.717) is 24.7 Å². The Labute approximate surface area is 170 Å². The lowest BCUT2D eigenvalue weighted by molar-refractivity contribution is 0.0753. The summed E-state index contributed by atoms with van der Waals surface area (Å²) in [6.07, 6.45) is 3.12. The Morgan fingerprint density at radius 2 is 2.07 bits per heavy atom. The number of likely N-dealkylation sites (N-methyl/N-ethyl adjacent to an activating group) is 1. The first-order valence-corrected chi connectivity index (χ1v) is 10.6. The van der Waals surface area contributed by atoms with Crippen molar-refractivity contribution >= 4 is 16.8 Å². The number of benzene rings is 1. The number of H-pyrrole nitrogens is 1. The molecular weight excluding hydrogens is 364 g/mol. The lowest BCUT2D eigenvalue weighted by atomic mass is 9.97.